The normalized spacial score (nSPS) is 29.6. The summed E-state index contributed by atoms with van der Waals surface area (Å²) in [6.45, 7) is -0.397. The molecule has 3 unspecified atom stereocenters. The van der Waals surface area contributed by atoms with E-state index in [4.69, 9.17) is 29.7 Å². The summed E-state index contributed by atoms with van der Waals surface area (Å²) < 4.78 is 37.2. The number of aliphatic hydroxyl groups is 3. The third-order valence-corrected chi connectivity index (χ3v) is 5.79. The molecule has 0 spiro atoms. The lowest BCUT2D eigenvalue weighted by atomic mass is 9.99. The van der Waals surface area contributed by atoms with Crippen molar-refractivity contribution in [2.75, 3.05) is 32.3 Å². The van der Waals surface area contributed by atoms with Gasteiger partial charge in [-0.3, -0.25) is 24.0 Å². The molecule has 1 rings (SSSR count). The van der Waals surface area contributed by atoms with Gasteiger partial charge in [-0.25, -0.2) is 0 Å². The number of aliphatic hydroxyl groups excluding tert-OH is 3. The van der Waals surface area contributed by atoms with Gasteiger partial charge < -0.3 is 49.9 Å². The molecule has 1 aliphatic heterocycles. The Hall–Kier alpha value is -0.960. The van der Waals surface area contributed by atoms with Crippen molar-refractivity contribution in [3.8, 4) is 0 Å². The Morgan fingerprint density at radius 2 is 1.77 bits per heavy atom. The van der Waals surface area contributed by atoms with Crippen LogP contribution in [-0.4, -0.2) is 111 Å². The maximum Gasteiger partial charge on any atom is 0.339 e. The van der Waals surface area contributed by atoms with Crippen LogP contribution in [-0.2, 0) is 32.9 Å². The number of rotatable bonds is 11. The van der Waals surface area contributed by atoms with E-state index in [9.17, 15) is 38.9 Å². The Kier molecular flexibility index (Phi) is 10.7. The van der Waals surface area contributed by atoms with Gasteiger partial charge >= 0.3 is 19.5 Å². The van der Waals surface area contributed by atoms with Crippen LogP contribution in [0, 0.1) is 0 Å². The zero-order chi connectivity index (χ0) is 24.0. The van der Waals surface area contributed by atoms with E-state index in [1.54, 1.807) is 0 Å². The van der Waals surface area contributed by atoms with Gasteiger partial charge in [-0.15, -0.1) is 0 Å². The summed E-state index contributed by atoms with van der Waals surface area (Å²) in [4.78, 5) is 50.9. The van der Waals surface area contributed by atoms with E-state index in [0.29, 0.717) is 0 Å². The van der Waals surface area contributed by atoms with Crippen molar-refractivity contribution in [2.24, 2.45) is 5.73 Å². The predicted octanol–water partition coefficient (Wildman–Crippen LogP) is -3.78. The number of nitrogens with two attached hydrogens (primary N) is 1. The molecule has 7 atom stereocenters. The first-order chi connectivity index (χ1) is 14.1. The fraction of sp³-hybridized carbons (Fsp3) is 0.857. The van der Waals surface area contributed by atoms with Crippen molar-refractivity contribution in [3.63, 3.8) is 0 Å². The number of carbonyl (C=O) groups is 2. The van der Waals surface area contributed by atoms with E-state index >= 15 is 0 Å². The SMILES string of the molecule is CP(=O)(O)CCC(N)C(=O)O[C@H]1C(OC(=O)CNCP(=O)(O)O)O[C@H](CO)[C@@H](O)[C@@H]1O. The van der Waals surface area contributed by atoms with Gasteiger partial charge in [0.25, 0.3) is 0 Å². The number of esters is 2. The second-order valence-electron chi connectivity index (χ2n) is 7.02. The van der Waals surface area contributed by atoms with Gasteiger partial charge in [0.1, 0.15) is 24.4 Å². The summed E-state index contributed by atoms with van der Waals surface area (Å²) in [5.74, 6) is -2.26. The minimum atomic E-state index is -4.44. The molecule has 0 radical (unpaired) electrons. The molecule has 0 aliphatic carbocycles. The average molecular weight is 494 g/mol. The molecule has 0 aromatic carbocycles. The third-order valence-electron chi connectivity index (χ3n) is 4.07. The van der Waals surface area contributed by atoms with Crippen molar-refractivity contribution in [3.05, 3.63) is 0 Å². The van der Waals surface area contributed by atoms with E-state index in [0.717, 1.165) is 6.66 Å². The summed E-state index contributed by atoms with van der Waals surface area (Å²) in [6, 6.07) is -1.37. The first-order valence-electron chi connectivity index (χ1n) is 8.97. The lowest BCUT2D eigenvalue weighted by Crippen LogP contribution is -2.61. The van der Waals surface area contributed by atoms with Crippen molar-refractivity contribution in [1.82, 2.24) is 5.32 Å². The second kappa shape index (κ2) is 11.8. The number of hydrogen-bond acceptors (Lipinski definition) is 12. The summed E-state index contributed by atoms with van der Waals surface area (Å²) in [6.07, 6.45) is -9.91. The molecule has 1 saturated heterocycles. The smallest absolute Gasteiger partial charge is 0.339 e. The van der Waals surface area contributed by atoms with E-state index in [2.05, 4.69) is 5.32 Å². The number of nitrogens with one attached hydrogen (secondary N) is 1. The minimum absolute atomic E-state index is 0.231. The highest BCUT2D eigenvalue weighted by Crippen LogP contribution is 2.36. The molecule has 0 bridgehead atoms. The fourth-order valence-corrected chi connectivity index (χ4v) is 3.63. The van der Waals surface area contributed by atoms with Crippen molar-refractivity contribution in [1.29, 1.82) is 0 Å². The Morgan fingerprint density at radius 1 is 1.16 bits per heavy atom. The van der Waals surface area contributed by atoms with E-state index < -0.39 is 83.1 Å². The highest BCUT2D eigenvalue weighted by molar-refractivity contribution is 7.57. The monoisotopic (exact) mass is 494 g/mol. The molecule has 182 valence electrons. The van der Waals surface area contributed by atoms with Crippen molar-refractivity contribution in [2.45, 2.75) is 43.2 Å². The molecule has 0 aromatic heterocycles. The Bertz CT molecular complexity index is 710. The van der Waals surface area contributed by atoms with Gasteiger partial charge in [0.15, 0.2) is 13.5 Å². The van der Waals surface area contributed by atoms with Gasteiger partial charge in [-0.2, -0.15) is 0 Å². The third kappa shape index (κ3) is 10.0. The Balaban J connectivity index is 2.83. The average Bonchev–Trinajstić information content (AvgIpc) is 2.63. The molecule has 15 nitrogen and oxygen atoms in total. The zero-order valence-corrected chi connectivity index (χ0v) is 18.3. The number of hydrogen-bond donors (Lipinski definition) is 8. The summed E-state index contributed by atoms with van der Waals surface area (Å²) in [5, 5.41) is 31.6. The number of ether oxygens (including phenoxy) is 3. The Labute approximate surface area is 177 Å². The van der Waals surface area contributed by atoms with Crippen LogP contribution in [0.15, 0.2) is 0 Å². The van der Waals surface area contributed by atoms with Crippen LogP contribution in [0.1, 0.15) is 6.42 Å². The van der Waals surface area contributed by atoms with Crippen LogP contribution in [0.3, 0.4) is 0 Å². The molecular weight excluding hydrogens is 466 g/mol. The van der Waals surface area contributed by atoms with Crippen molar-refractivity contribution < 1.29 is 62.9 Å². The maximum atomic E-state index is 12.2. The Morgan fingerprint density at radius 3 is 2.29 bits per heavy atom. The molecular formula is C14H28N2O13P2. The summed E-state index contributed by atoms with van der Waals surface area (Å²) in [5.41, 5.74) is 5.60. The molecule has 0 aromatic rings. The standard InChI is InChI=1S/C14H28N2O13P2/c1-30(22,23)3-2-7(15)13(21)29-12-11(20)10(19)8(5-17)27-14(12)28-9(18)4-16-6-31(24,25)26/h7-8,10-12,14,16-17,19-20H,2-6,15H2,1H3,(H,22,23)(H2,24,25,26)/t7?,8-,10-,11+,12-,14?/m1/s1. The summed E-state index contributed by atoms with van der Waals surface area (Å²) >= 11 is 0. The van der Waals surface area contributed by atoms with Gasteiger partial charge in [-0.1, -0.05) is 0 Å². The van der Waals surface area contributed by atoms with Gasteiger partial charge in [0.2, 0.25) is 6.29 Å². The van der Waals surface area contributed by atoms with Gasteiger partial charge in [0, 0.05) is 12.8 Å². The highest BCUT2D eigenvalue weighted by atomic mass is 31.2. The van der Waals surface area contributed by atoms with Crippen LogP contribution in [0.4, 0.5) is 0 Å². The second-order valence-corrected chi connectivity index (χ2v) is 11.2. The number of carbonyl (C=O) groups excluding carboxylic acids is 2. The zero-order valence-electron chi connectivity index (χ0n) is 16.5. The first kappa shape index (κ1) is 28.1. The van der Waals surface area contributed by atoms with Crippen LogP contribution in [0.5, 0.6) is 0 Å². The predicted molar refractivity (Wildman–Crippen MR) is 102 cm³/mol. The summed E-state index contributed by atoms with van der Waals surface area (Å²) in [7, 11) is -7.89. The maximum absolute atomic E-state index is 12.2. The van der Waals surface area contributed by atoms with E-state index in [1.165, 1.54) is 0 Å². The van der Waals surface area contributed by atoms with Crippen molar-refractivity contribution >= 4 is 26.9 Å². The minimum Gasteiger partial charge on any atom is -0.452 e. The highest BCUT2D eigenvalue weighted by Gasteiger charge is 2.48. The molecule has 31 heavy (non-hydrogen) atoms. The molecule has 1 heterocycles. The van der Waals surface area contributed by atoms with Gasteiger partial charge in [0.05, 0.1) is 19.4 Å². The van der Waals surface area contributed by atoms with E-state index in [1.807, 2.05) is 0 Å². The molecule has 17 heteroatoms. The van der Waals surface area contributed by atoms with Crippen LogP contribution < -0.4 is 11.1 Å². The molecule has 1 aliphatic rings. The lowest BCUT2D eigenvalue weighted by molar-refractivity contribution is -0.296. The topological polar surface area (TPSA) is 255 Å². The molecule has 0 amide bonds. The molecule has 1 fully saturated rings. The largest absolute Gasteiger partial charge is 0.452 e. The lowest BCUT2D eigenvalue weighted by Gasteiger charge is -2.41. The first-order valence-corrected chi connectivity index (χ1v) is 13.1. The van der Waals surface area contributed by atoms with E-state index in [-0.39, 0.29) is 12.6 Å². The molecule has 9 N–H and O–H groups in total. The molecule has 0 saturated carbocycles. The van der Waals surface area contributed by atoms with Crippen LogP contribution in [0.2, 0.25) is 0 Å². The van der Waals surface area contributed by atoms with Crippen LogP contribution in [0.25, 0.3) is 0 Å². The van der Waals surface area contributed by atoms with Crippen LogP contribution >= 0.6 is 15.0 Å². The van der Waals surface area contributed by atoms with Gasteiger partial charge in [-0.05, 0) is 6.42 Å². The quantitative estimate of drug-likeness (QED) is 0.101. The fourth-order valence-electron chi connectivity index (χ4n) is 2.47.